The van der Waals surface area contributed by atoms with Crippen molar-refractivity contribution in [3.8, 4) is 11.5 Å². The molecule has 0 bridgehead atoms. The van der Waals surface area contributed by atoms with Gasteiger partial charge in [0, 0.05) is 11.0 Å². The van der Waals surface area contributed by atoms with E-state index in [0.717, 1.165) is 16.7 Å². The molecule has 3 aromatic carbocycles. The van der Waals surface area contributed by atoms with Crippen molar-refractivity contribution in [2.24, 2.45) is 5.41 Å². The summed E-state index contributed by atoms with van der Waals surface area (Å²) in [6, 6.07) is 24.3. The van der Waals surface area contributed by atoms with Crippen LogP contribution < -0.4 is 20.1 Å². The number of hydrogen-bond donors (Lipinski definition) is 2. The Morgan fingerprint density at radius 2 is 1.07 bits per heavy atom. The fourth-order valence-electron chi connectivity index (χ4n) is 4.20. The number of rotatable bonds is 12. The van der Waals surface area contributed by atoms with Gasteiger partial charge in [-0.15, -0.1) is 0 Å². The quantitative estimate of drug-likeness (QED) is 0.111. The zero-order valence-corrected chi connectivity index (χ0v) is 26.3. The summed E-state index contributed by atoms with van der Waals surface area (Å²) in [6.07, 6.45) is -1.33. The Hall–Kier alpha value is -5.12. The summed E-state index contributed by atoms with van der Waals surface area (Å²) in [6.45, 7) is 12.7. The van der Waals surface area contributed by atoms with Crippen LogP contribution in [0.15, 0.2) is 91.0 Å². The molecule has 238 valence electrons. The Morgan fingerprint density at radius 1 is 0.644 bits per heavy atom. The summed E-state index contributed by atoms with van der Waals surface area (Å²) in [4.78, 5) is 47.8. The Balaban J connectivity index is 1.65. The molecule has 3 rings (SSSR count). The lowest BCUT2D eigenvalue weighted by molar-refractivity contribution is -0.152. The highest BCUT2D eigenvalue weighted by Gasteiger charge is 2.31. The molecule has 0 aromatic heterocycles. The summed E-state index contributed by atoms with van der Waals surface area (Å²) in [5.74, 6) is -0.184. The van der Waals surface area contributed by atoms with Crippen LogP contribution in [-0.2, 0) is 24.5 Å². The number of esters is 2. The summed E-state index contributed by atoms with van der Waals surface area (Å²) in [5, 5.41) is 5.11. The molecular weight excluding hydrogens is 576 g/mol. The zero-order chi connectivity index (χ0) is 33.0. The molecule has 0 aliphatic heterocycles. The van der Waals surface area contributed by atoms with Gasteiger partial charge in [0.2, 0.25) is 0 Å². The second-order valence-corrected chi connectivity index (χ2v) is 11.5. The van der Waals surface area contributed by atoms with E-state index in [9.17, 15) is 19.2 Å². The minimum Gasteiger partial charge on any atom is -0.463 e. The Bertz CT molecular complexity index is 1480. The number of ether oxygens (including phenoxy) is 4. The highest BCUT2D eigenvalue weighted by Crippen LogP contribution is 2.40. The van der Waals surface area contributed by atoms with Crippen molar-refractivity contribution in [1.29, 1.82) is 0 Å². The molecule has 0 spiro atoms. The average molecular weight is 617 g/mol. The number of hydrogen-bond acceptors (Lipinski definition) is 8. The van der Waals surface area contributed by atoms with Gasteiger partial charge in [-0.25, -0.2) is 14.4 Å². The van der Waals surface area contributed by atoms with Crippen LogP contribution in [0.25, 0.3) is 0 Å². The molecule has 2 N–H and O–H groups in total. The van der Waals surface area contributed by atoms with Crippen LogP contribution in [-0.4, -0.2) is 50.4 Å². The molecule has 3 aromatic rings. The SMILES string of the molecule is C=C(C)C(=O)OCCNC(=O)Oc1ccc(C(C)(c2ccccc2)c2ccc(OC(=O)NCCOC(=O)C(C)(C)C)cc2)cc1. The molecule has 10 nitrogen and oxygen atoms in total. The Labute approximate surface area is 263 Å². The third-order valence-corrected chi connectivity index (χ3v) is 6.81. The topological polar surface area (TPSA) is 129 Å². The number of nitrogens with one attached hydrogen (secondary N) is 2. The fourth-order valence-corrected chi connectivity index (χ4v) is 4.20. The van der Waals surface area contributed by atoms with E-state index in [2.05, 4.69) is 24.1 Å². The molecule has 0 fully saturated rings. The van der Waals surface area contributed by atoms with E-state index >= 15 is 0 Å². The van der Waals surface area contributed by atoms with Crippen molar-refractivity contribution in [2.45, 2.75) is 40.0 Å². The molecule has 0 radical (unpaired) electrons. The lowest BCUT2D eigenvalue weighted by Gasteiger charge is -2.32. The van der Waals surface area contributed by atoms with Gasteiger partial charge in [0.05, 0.1) is 18.5 Å². The van der Waals surface area contributed by atoms with Gasteiger partial charge in [-0.2, -0.15) is 0 Å². The van der Waals surface area contributed by atoms with Crippen molar-refractivity contribution in [3.05, 3.63) is 108 Å². The third-order valence-electron chi connectivity index (χ3n) is 6.81. The van der Waals surface area contributed by atoms with Crippen LogP contribution in [0.1, 0.15) is 51.3 Å². The highest BCUT2D eigenvalue weighted by molar-refractivity contribution is 5.86. The molecule has 1 unspecified atom stereocenters. The average Bonchev–Trinajstić information content (AvgIpc) is 3.01. The minimum absolute atomic E-state index is 0.00154. The Morgan fingerprint density at radius 3 is 1.49 bits per heavy atom. The van der Waals surface area contributed by atoms with E-state index in [1.165, 1.54) is 0 Å². The highest BCUT2D eigenvalue weighted by atomic mass is 16.6. The van der Waals surface area contributed by atoms with E-state index in [-0.39, 0.29) is 37.8 Å². The lowest BCUT2D eigenvalue weighted by atomic mass is 9.71. The van der Waals surface area contributed by atoms with E-state index in [1.54, 1.807) is 52.0 Å². The summed E-state index contributed by atoms with van der Waals surface area (Å²) < 4.78 is 20.9. The summed E-state index contributed by atoms with van der Waals surface area (Å²) in [5.41, 5.74) is 1.95. The molecular formula is C35H40N2O8. The third kappa shape index (κ3) is 9.96. The van der Waals surface area contributed by atoms with Crippen LogP contribution in [0.3, 0.4) is 0 Å². The number of amides is 2. The van der Waals surface area contributed by atoms with E-state index in [4.69, 9.17) is 18.9 Å². The van der Waals surface area contributed by atoms with Crippen molar-refractivity contribution in [1.82, 2.24) is 10.6 Å². The van der Waals surface area contributed by atoms with Gasteiger partial charge < -0.3 is 29.6 Å². The molecule has 0 saturated heterocycles. The standard InChI is InChI=1S/C35H40N2O8/c1-24(2)30(38)42-22-20-36-32(40)44-28-16-12-26(13-17-28)35(6,25-10-8-7-9-11-25)27-14-18-29(19-15-27)45-33(41)37-21-23-43-31(39)34(3,4)5/h7-19H,1,20-23H2,2-6H3,(H,36,40)(H,37,41). The number of carbonyl (C=O) groups is 4. The second-order valence-electron chi connectivity index (χ2n) is 11.5. The van der Waals surface area contributed by atoms with E-state index in [1.807, 2.05) is 54.6 Å². The molecule has 45 heavy (non-hydrogen) atoms. The van der Waals surface area contributed by atoms with Crippen LogP contribution in [0.4, 0.5) is 9.59 Å². The maximum Gasteiger partial charge on any atom is 0.412 e. The first-order valence-electron chi connectivity index (χ1n) is 14.5. The summed E-state index contributed by atoms with van der Waals surface area (Å²) >= 11 is 0. The van der Waals surface area contributed by atoms with Gasteiger partial charge in [0.1, 0.15) is 24.7 Å². The predicted octanol–water partition coefficient (Wildman–Crippen LogP) is 5.93. The zero-order valence-electron chi connectivity index (χ0n) is 26.3. The van der Waals surface area contributed by atoms with Crippen molar-refractivity contribution in [3.63, 3.8) is 0 Å². The van der Waals surface area contributed by atoms with E-state index < -0.39 is 29.0 Å². The van der Waals surface area contributed by atoms with Gasteiger partial charge in [0.15, 0.2) is 0 Å². The van der Waals surface area contributed by atoms with Crippen molar-refractivity contribution < 1.29 is 38.1 Å². The van der Waals surface area contributed by atoms with Crippen LogP contribution in [0, 0.1) is 5.41 Å². The smallest absolute Gasteiger partial charge is 0.412 e. The van der Waals surface area contributed by atoms with E-state index in [0.29, 0.717) is 11.5 Å². The normalized spacial score (nSPS) is 12.2. The maximum absolute atomic E-state index is 12.3. The lowest BCUT2D eigenvalue weighted by Crippen LogP contribution is -2.32. The summed E-state index contributed by atoms with van der Waals surface area (Å²) in [7, 11) is 0. The van der Waals surface area contributed by atoms with Crippen LogP contribution >= 0.6 is 0 Å². The second kappa shape index (κ2) is 15.6. The number of benzene rings is 3. The molecule has 10 heteroatoms. The van der Waals surface area contributed by atoms with Crippen molar-refractivity contribution in [2.75, 3.05) is 26.3 Å². The van der Waals surface area contributed by atoms with Gasteiger partial charge in [-0.3, -0.25) is 4.79 Å². The predicted molar refractivity (Wildman–Crippen MR) is 169 cm³/mol. The van der Waals surface area contributed by atoms with Crippen LogP contribution in [0.5, 0.6) is 11.5 Å². The molecule has 0 aliphatic carbocycles. The van der Waals surface area contributed by atoms with Gasteiger partial charge in [-0.05, 0) is 75.6 Å². The number of carbonyl (C=O) groups excluding carboxylic acids is 4. The molecule has 2 amide bonds. The first-order chi connectivity index (χ1) is 21.3. The maximum atomic E-state index is 12.3. The van der Waals surface area contributed by atoms with Gasteiger partial charge in [-0.1, -0.05) is 61.2 Å². The van der Waals surface area contributed by atoms with Crippen molar-refractivity contribution >= 4 is 24.1 Å². The molecule has 0 heterocycles. The van der Waals surface area contributed by atoms with Gasteiger partial charge >= 0.3 is 24.1 Å². The minimum atomic E-state index is -0.675. The monoisotopic (exact) mass is 616 g/mol. The largest absolute Gasteiger partial charge is 0.463 e. The van der Waals surface area contributed by atoms with Gasteiger partial charge in [0.25, 0.3) is 0 Å². The first-order valence-corrected chi connectivity index (χ1v) is 14.5. The fraction of sp³-hybridized carbons (Fsp3) is 0.314. The molecule has 0 aliphatic rings. The van der Waals surface area contributed by atoms with Crippen LogP contribution in [0.2, 0.25) is 0 Å². The molecule has 0 saturated carbocycles. The first kappa shape index (κ1) is 34.4. The Kier molecular flexibility index (Phi) is 11.9. The molecule has 1 atom stereocenters.